The Balaban J connectivity index is 1.87. The van der Waals surface area contributed by atoms with Crippen LogP contribution in [0.25, 0.3) is 21.9 Å². The van der Waals surface area contributed by atoms with E-state index in [0.717, 1.165) is 46.6 Å². The summed E-state index contributed by atoms with van der Waals surface area (Å²) in [7, 11) is 1.67. The van der Waals surface area contributed by atoms with Crippen molar-refractivity contribution in [2.75, 3.05) is 25.1 Å². The zero-order valence-electron chi connectivity index (χ0n) is 13.5. The van der Waals surface area contributed by atoms with Crippen LogP contribution in [0.2, 0.25) is 0 Å². The number of ether oxygens (including phenoxy) is 2. The van der Waals surface area contributed by atoms with Crippen molar-refractivity contribution in [3.63, 3.8) is 0 Å². The molecule has 6 heteroatoms. The second-order valence-corrected chi connectivity index (χ2v) is 6.12. The minimum Gasteiger partial charge on any atom is -0.497 e. The van der Waals surface area contributed by atoms with E-state index in [0.29, 0.717) is 0 Å². The number of hydrogen-bond donors (Lipinski definition) is 1. The molecule has 1 N–H and O–H groups in total. The van der Waals surface area contributed by atoms with Crippen LogP contribution in [0.3, 0.4) is 0 Å². The monoisotopic (exact) mass is 312 g/mol. The van der Waals surface area contributed by atoms with E-state index in [1.54, 1.807) is 13.4 Å². The molecule has 1 saturated heterocycles. The van der Waals surface area contributed by atoms with Gasteiger partial charge in [-0.3, -0.25) is 0 Å². The minimum atomic E-state index is 0.188. The van der Waals surface area contributed by atoms with E-state index in [1.165, 1.54) is 0 Å². The number of aromatic amines is 1. The molecule has 0 unspecified atom stereocenters. The van der Waals surface area contributed by atoms with Crippen molar-refractivity contribution in [1.29, 1.82) is 0 Å². The number of nitrogens with zero attached hydrogens (tertiary/aromatic N) is 3. The molecule has 23 heavy (non-hydrogen) atoms. The van der Waals surface area contributed by atoms with Gasteiger partial charge in [-0.05, 0) is 32.0 Å². The molecule has 1 aliphatic heterocycles. The van der Waals surface area contributed by atoms with E-state index in [1.807, 2.05) is 18.2 Å². The van der Waals surface area contributed by atoms with Gasteiger partial charge in [0, 0.05) is 24.0 Å². The molecule has 0 aliphatic carbocycles. The highest BCUT2D eigenvalue weighted by Gasteiger charge is 2.25. The number of benzene rings is 1. The summed E-state index contributed by atoms with van der Waals surface area (Å²) >= 11 is 0. The van der Waals surface area contributed by atoms with Gasteiger partial charge in [0.1, 0.15) is 23.1 Å². The van der Waals surface area contributed by atoms with E-state index in [4.69, 9.17) is 9.47 Å². The first-order valence-electron chi connectivity index (χ1n) is 7.86. The average Bonchev–Trinajstić information content (AvgIpc) is 2.91. The molecule has 1 fully saturated rings. The Hall–Kier alpha value is -2.34. The zero-order chi connectivity index (χ0) is 16.0. The van der Waals surface area contributed by atoms with Crippen LogP contribution in [0.15, 0.2) is 24.5 Å². The summed E-state index contributed by atoms with van der Waals surface area (Å²) in [5, 5.41) is 1.05. The van der Waals surface area contributed by atoms with Gasteiger partial charge in [-0.15, -0.1) is 0 Å². The van der Waals surface area contributed by atoms with Gasteiger partial charge in [-0.2, -0.15) is 0 Å². The summed E-state index contributed by atoms with van der Waals surface area (Å²) in [6, 6.07) is 5.98. The second kappa shape index (κ2) is 5.38. The van der Waals surface area contributed by atoms with E-state index >= 15 is 0 Å². The third-order valence-corrected chi connectivity index (χ3v) is 4.29. The van der Waals surface area contributed by atoms with Crippen molar-refractivity contribution in [3.8, 4) is 5.75 Å². The molecule has 6 nitrogen and oxygen atoms in total. The zero-order valence-corrected chi connectivity index (χ0v) is 13.5. The summed E-state index contributed by atoms with van der Waals surface area (Å²) in [6.07, 6.45) is 2.01. The van der Waals surface area contributed by atoms with Crippen LogP contribution in [0.4, 0.5) is 5.82 Å². The van der Waals surface area contributed by atoms with Crippen molar-refractivity contribution in [3.05, 3.63) is 24.5 Å². The Bertz CT molecular complexity index is 850. The molecule has 1 aliphatic rings. The van der Waals surface area contributed by atoms with Gasteiger partial charge in [0.15, 0.2) is 5.82 Å². The molecular weight excluding hydrogens is 292 g/mol. The number of methoxy groups -OCH3 is 1. The third-order valence-electron chi connectivity index (χ3n) is 4.29. The lowest BCUT2D eigenvalue weighted by Crippen LogP contribution is -2.46. The summed E-state index contributed by atoms with van der Waals surface area (Å²) in [4.78, 5) is 14.8. The fraction of sp³-hybridized carbons (Fsp3) is 0.412. The van der Waals surface area contributed by atoms with Crippen molar-refractivity contribution in [2.24, 2.45) is 0 Å². The van der Waals surface area contributed by atoms with Crippen LogP contribution in [0.5, 0.6) is 5.75 Å². The maximum atomic E-state index is 5.83. The maximum absolute atomic E-state index is 5.83. The Morgan fingerprint density at radius 2 is 2.00 bits per heavy atom. The predicted molar refractivity (Wildman–Crippen MR) is 90.2 cm³/mol. The Morgan fingerprint density at radius 3 is 2.74 bits per heavy atom. The molecule has 0 saturated carbocycles. The molecule has 3 aromatic rings. The number of H-pyrrole nitrogens is 1. The smallest absolute Gasteiger partial charge is 0.156 e. The van der Waals surface area contributed by atoms with Crippen LogP contribution in [0, 0.1) is 0 Å². The summed E-state index contributed by atoms with van der Waals surface area (Å²) < 4.78 is 11.2. The van der Waals surface area contributed by atoms with Crippen LogP contribution >= 0.6 is 0 Å². The van der Waals surface area contributed by atoms with Gasteiger partial charge in [0.2, 0.25) is 0 Å². The molecule has 0 spiro atoms. The number of fused-ring (bicyclic) bond motifs is 3. The Kier molecular flexibility index (Phi) is 3.34. The summed E-state index contributed by atoms with van der Waals surface area (Å²) in [5.41, 5.74) is 2.93. The lowest BCUT2D eigenvalue weighted by molar-refractivity contribution is -0.00537. The second-order valence-electron chi connectivity index (χ2n) is 6.12. The molecule has 2 atom stereocenters. The largest absolute Gasteiger partial charge is 0.497 e. The fourth-order valence-electron chi connectivity index (χ4n) is 3.38. The molecule has 0 amide bonds. The van der Waals surface area contributed by atoms with Crippen LogP contribution < -0.4 is 9.64 Å². The molecule has 120 valence electrons. The van der Waals surface area contributed by atoms with E-state index in [-0.39, 0.29) is 12.2 Å². The number of hydrogen-bond acceptors (Lipinski definition) is 5. The number of anilines is 1. The summed E-state index contributed by atoms with van der Waals surface area (Å²) in [5.74, 6) is 1.76. The van der Waals surface area contributed by atoms with Crippen LogP contribution in [-0.4, -0.2) is 47.4 Å². The van der Waals surface area contributed by atoms with Crippen LogP contribution in [-0.2, 0) is 4.74 Å². The predicted octanol–water partition coefficient (Wildman–Crippen LogP) is 2.73. The van der Waals surface area contributed by atoms with Gasteiger partial charge in [0.25, 0.3) is 0 Å². The van der Waals surface area contributed by atoms with Gasteiger partial charge >= 0.3 is 0 Å². The van der Waals surface area contributed by atoms with Gasteiger partial charge in [-0.1, -0.05) is 0 Å². The Labute approximate surface area is 134 Å². The number of rotatable bonds is 2. The summed E-state index contributed by atoms with van der Waals surface area (Å²) in [6.45, 7) is 5.85. The first-order chi connectivity index (χ1) is 11.2. The third kappa shape index (κ3) is 2.39. The van der Waals surface area contributed by atoms with Gasteiger partial charge in [0.05, 0.1) is 19.3 Å². The molecule has 3 heterocycles. The van der Waals surface area contributed by atoms with Crippen LogP contribution in [0.1, 0.15) is 13.8 Å². The van der Waals surface area contributed by atoms with E-state index in [2.05, 4.69) is 33.7 Å². The van der Waals surface area contributed by atoms with E-state index in [9.17, 15) is 0 Å². The molecule has 0 bridgehead atoms. The highest BCUT2D eigenvalue weighted by molar-refractivity contribution is 6.08. The topological polar surface area (TPSA) is 63.3 Å². The first kappa shape index (κ1) is 14.3. The normalized spacial score (nSPS) is 22.0. The number of aromatic nitrogens is 3. The molecular formula is C17H20N4O2. The van der Waals surface area contributed by atoms with Gasteiger partial charge < -0.3 is 19.4 Å². The lowest BCUT2D eigenvalue weighted by Gasteiger charge is -2.36. The quantitative estimate of drug-likeness (QED) is 0.788. The molecule has 2 aromatic heterocycles. The van der Waals surface area contributed by atoms with Crippen molar-refractivity contribution < 1.29 is 9.47 Å². The standard InChI is InChI=1S/C17H20N4O2/c1-10-7-21(8-11(2)23-10)17-16-15(18-9-19-17)13-6-12(22-3)4-5-14(13)20-16/h4-6,9-11,20H,7-8H2,1-3H3/t10-,11-/m0/s1. The number of nitrogens with one attached hydrogen (secondary N) is 1. The average molecular weight is 312 g/mol. The van der Waals surface area contributed by atoms with Crippen molar-refractivity contribution in [2.45, 2.75) is 26.1 Å². The lowest BCUT2D eigenvalue weighted by atomic mass is 10.2. The maximum Gasteiger partial charge on any atom is 0.156 e. The Morgan fingerprint density at radius 1 is 1.22 bits per heavy atom. The first-order valence-corrected chi connectivity index (χ1v) is 7.86. The van der Waals surface area contributed by atoms with E-state index < -0.39 is 0 Å². The molecule has 1 aromatic carbocycles. The minimum absolute atomic E-state index is 0.188. The molecule has 4 rings (SSSR count). The highest BCUT2D eigenvalue weighted by atomic mass is 16.5. The van der Waals surface area contributed by atoms with Crippen molar-refractivity contribution >= 4 is 27.8 Å². The van der Waals surface area contributed by atoms with Gasteiger partial charge in [-0.25, -0.2) is 9.97 Å². The highest BCUT2D eigenvalue weighted by Crippen LogP contribution is 2.32. The molecule has 0 radical (unpaired) electrons. The number of morpholine rings is 1. The van der Waals surface area contributed by atoms with Crippen molar-refractivity contribution in [1.82, 2.24) is 15.0 Å². The fourth-order valence-corrected chi connectivity index (χ4v) is 3.38. The SMILES string of the molecule is COc1ccc2[nH]c3c(N4C[C@H](C)O[C@@H](C)C4)ncnc3c2c1.